The van der Waals surface area contributed by atoms with Gasteiger partial charge in [0.15, 0.2) is 5.25 Å². The molecule has 12 heavy (non-hydrogen) atoms. The van der Waals surface area contributed by atoms with Crippen molar-refractivity contribution in [2.24, 2.45) is 0 Å². The van der Waals surface area contributed by atoms with Gasteiger partial charge in [0.1, 0.15) is 0 Å². The smallest absolute Gasteiger partial charge is 0.329 e. The van der Waals surface area contributed by atoms with Crippen LogP contribution >= 0.6 is 11.8 Å². The predicted molar refractivity (Wildman–Crippen MR) is 41.6 cm³/mol. The molecule has 0 aromatic heterocycles. The van der Waals surface area contributed by atoms with E-state index in [-0.39, 0.29) is 6.61 Å². The molecule has 0 spiro atoms. The minimum absolute atomic E-state index is 0.206. The summed E-state index contributed by atoms with van der Waals surface area (Å²) in [5.41, 5.74) is 0. The van der Waals surface area contributed by atoms with E-state index in [0.717, 1.165) is 0 Å². The van der Waals surface area contributed by atoms with Gasteiger partial charge in [0, 0.05) is 0 Å². The molecular formula is C6H7NO4S. The largest absolute Gasteiger partial charge is 0.465 e. The molecule has 2 amide bonds. The number of esters is 1. The summed E-state index contributed by atoms with van der Waals surface area (Å²) in [6.07, 6.45) is 0. The lowest BCUT2D eigenvalue weighted by Gasteiger charge is -2.02. The van der Waals surface area contributed by atoms with Crippen molar-refractivity contribution in [3.05, 3.63) is 0 Å². The van der Waals surface area contributed by atoms with Crippen LogP contribution in [0.3, 0.4) is 0 Å². The molecule has 6 heteroatoms. The fraction of sp³-hybridized carbons (Fsp3) is 0.500. The van der Waals surface area contributed by atoms with Gasteiger partial charge in [-0.3, -0.25) is 19.7 Å². The van der Waals surface area contributed by atoms with Crippen LogP contribution in [0.1, 0.15) is 6.92 Å². The fourth-order valence-corrected chi connectivity index (χ4v) is 1.43. The third-order valence-electron chi connectivity index (χ3n) is 1.19. The van der Waals surface area contributed by atoms with E-state index in [1.165, 1.54) is 0 Å². The van der Waals surface area contributed by atoms with E-state index in [2.05, 4.69) is 4.74 Å². The molecule has 0 radical (unpaired) electrons. The number of rotatable bonds is 2. The fourth-order valence-electron chi connectivity index (χ4n) is 0.729. The lowest BCUT2D eigenvalue weighted by Crippen LogP contribution is -2.31. The normalized spacial score (nSPS) is 22.2. The number of amides is 2. The summed E-state index contributed by atoms with van der Waals surface area (Å²) in [4.78, 5) is 32.4. The number of imide groups is 1. The Morgan fingerprint density at radius 2 is 2.33 bits per heavy atom. The van der Waals surface area contributed by atoms with Crippen molar-refractivity contribution < 1.29 is 19.1 Å². The van der Waals surface area contributed by atoms with Crippen molar-refractivity contribution in [2.45, 2.75) is 12.2 Å². The van der Waals surface area contributed by atoms with E-state index < -0.39 is 22.4 Å². The Morgan fingerprint density at radius 3 is 2.75 bits per heavy atom. The maximum Gasteiger partial charge on any atom is 0.329 e. The highest BCUT2D eigenvalue weighted by Gasteiger charge is 2.38. The lowest BCUT2D eigenvalue weighted by molar-refractivity contribution is -0.144. The molecular weight excluding hydrogens is 182 g/mol. The number of carbonyl (C=O) groups is 3. The van der Waals surface area contributed by atoms with Crippen LogP contribution < -0.4 is 5.32 Å². The van der Waals surface area contributed by atoms with E-state index in [9.17, 15) is 14.4 Å². The molecule has 0 bridgehead atoms. The Morgan fingerprint density at radius 1 is 1.67 bits per heavy atom. The Labute approximate surface area is 72.8 Å². The van der Waals surface area contributed by atoms with E-state index in [0.29, 0.717) is 11.8 Å². The number of thioether (sulfide) groups is 1. The molecule has 1 heterocycles. The Bertz CT molecular complexity index is 240. The Balaban J connectivity index is 2.58. The highest BCUT2D eigenvalue weighted by Crippen LogP contribution is 2.19. The van der Waals surface area contributed by atoms with Gasteiger partial charge >= 0.3 is 5.97 Å². The van der Waals surface area contributed by atoms with Crippen molar-refractivity contribution in [3.8, 4) is 0 Å². The summed E-state index contributed by atoms with van der Waals surface area (Å²) < 4.78 is 4.57. The molecule has 0 aromatic rings. The highest BCUT2D eigenvalue weighted by molar-refractivity contribution is 8.16. The lowest BCUT2D eigenvalue weighted by atomic mass is 10.4. The summed E-state index contributed by atoms with van der Waals surface area (Å²) in [5, 5.41) is 0.472. The SMILES string of the molecule is CCOC(=O)[C@H]1SC(=O)NC1=O. The van der Waals surface area contributed by atoms with Crippen molar-refractivity contribution in [1.29, 1.82) is 0 Å². The number of hydrogen-bond acceptors (Lipinski definition) is 5. The molecule has 1 fully saturated rings. The first-order chi connectivity index (χ1) is 5.65. The summed E-state index contributed by atoms with van der Waals surface area (Å²) in [6.45, 7) is 1.84. The van der Waals surface area contributed by atoms with E-state index in [4.69, 9.17) is 0 Å². The zero-order chi connectivity index (χ0) is 9.14. The molecule has 0 unspecified atom stereocenters. The second kappa shape index (κ2) is 3.57. The third-order valence-corrected chi connectivity index (χ3v) is 2.15. The zero-order valence-electron chi connectivity index (χ0n) is 6.33. The quantitative estimate of drug-likeness (QED) is 0.485. The van der Waals surface area contributed by atoms with Gasteiger partial charge < -0.3 is 4.74 Å². The van der Waals surface area contributed by atoms with Crippen molar-refractivity contribution in [2.75, 3.05) is 6.61 Å². The van der Waals surface area contributed by atoms with Crippen molar-refractivity contribution in [3.63, 3.8) is 0 Å². The molecule has 66 valence electrons. The van der Waals surface area contributed by atoms with E-state index >= 15 is 0 Å². The monoisotopic (exact) mass is 189 g/mol. The topological polar surface area (TPSA) is 72.5 Å². The van der Waals surface area contributed by atoms with Gasteiger partial charge in [-0.2, -0.15) is 0 Å². The highest BCUT2D eigenvalue weighted by atomic mass is 32.2. The van der Waals surface area contributed by atoms with Gasteiger partial charge in [0.2, 0.25) is 0 Å². The van der Waals surface area contributed by atoms with E-state index in [1.54, 1.807) is 6.92 Å². The number of carbonyl (C=O) groups excluding carboxylic acids is 3. The molecule has 0 aromatic carbocycles. The molecule has 1 aliphatic rings. The van der Waals surface area contributed by atoms with Crippen molar-refractivity contribution >= 4 is 28.9 Å². The first-order valence-corrected chi connectivity index (χ1v) is 4.21. The first kappa shape index (κ1) is 9.05. The van der Waals surface area contributed by atoms with Crippen LogP contribution in [0.15, 0.2) is 0 Å². The van der Waals surface area contributed by atoms with Crippen LogP contribution in [-0.4, -0.2) is 29.0 Å². The van der Waals surface area contributed by atoms with Crippen LogP contribution in [0.4, 0.5) is 4.79 Å². The minimum Gasteiger partial charge on any atom is -0.465 e. The third kappa shape index (κ3) is 1.76. The van der Waals surface area contributed by atoms with Gasteiger partial charge in [-0.25, -0.2) is 0 Å². The predicted octanol–water partition coefficient (Wildman–Crippen LogP) is -0.0989. The Kier molecular flexibility index (Phi) is 2.69. The summed E-state index contributed by atoms with van der Waals surface area (Å²) >= 11 is 0.648. The maximum atomic E-state index is 10.9. The average molecular weight is 189 g/mol. The summed E-state index contributed by atoms with van der Waals surface area (Å²) in [6, 6.07) is 0. The maximum absolute atomic E-state index is 10.9. The minimum atomic E-state index is -1.02. The number of ether oxygens (including phenoxy) is 1. The van der Waals surface area contributed by atoms with Gasteiger partial charge in [-0.05, 0) is 18.7 Å². The Hall–Kier alpha value is -1.04. The average Bonchev–Trinajstić information content (AvgIpc) is 2.30. The molecule has 1 saturated heterocycles. The van der Waals surface area contributed by atoms with Gasteiger partial charge in [-0.15, -0.1) is 0 Å². The van der Waals surface area contributed by atoms with Crippen molar-refractivity contribution in [1.82, 2.24) is 5.32 Å². The molecule has 0 aliphatic carbocycles. The summed E-state index contributed by atoms with van der Waals surface area (Å²) in [5.74, 6) is -1.26. The molecule has 1 atom stereocenters. The van der Waals surface area contributed by atoms with Crippen LogP contribution in [0.5, 0.6) is 0 Å². The number of hydrogen-bond donors (Lipinski definition) is 1. The van der Waals surface area contributed by atoms with E-state index in [1.807, 2.05) is 5.32 Å². The standard InChI is InChI=1S/C6H7NO4S/c1-2-11-5(9)3-4(8)7-6(10)12-3/h3H,2H2,1H3,(H,7,8,10)/t3-/m0/s1. The van der Waals surface area contributed by atoms with Crippen LogP contribution in [0.2, 0.25) is 0 Å². The van der Waals surface area contributed by atoms with Crippen LogP contribution in [0, 0.1) is 0 Å². The van der Waals surface area contributed by atoms with Gasteiger partial charge in [0.25, 0.3) is 11.1 Å². The van der Waals surface area contributed by atoms with Gasteiger partial charge in [0.05, 0.1) is 6.61 Å². The second-order valence-electron chi connectivity index (χ2n) is 2.03. The molecule has 0 saturated carbocycles. The number of nitrogens with one attached hydrogen (secondary N) is 1. The molecule has 1 rings (SSSR count). The van der Waals surface area contributed by atoms with Gasteiger partial charge in [-0.1, -0.05) is 0 Å². The van der Waals surface area contributed by atoms with Crippen LogP contribution in [-0.2, 0) is 14.3 Å². The first-order valence-electron chi connectivity index (χ1n) is 3.33. The zero-order valence-corrected chi connectivity index (χ0v) is 7.14. The second-order valence-corrected chi connectivity index (χ2v) is 3.10. The summed E-state index contributed by atoms with van der Waals surface area (Å²) in [7, 11) is 0. The molecule has 1 N–H and O–H groups in total. The molecule has 1 aliphatic heterocycles. The molecule has 5 nitrogen and oxygen atoms in total. The van der Waals surface area contributed by atoms with Crippen LogP contribution in [0.25, 0.3) is 0 Å².